The van der Waals surface area contributed by atoms with E-state index < -0.39 is 0 Å². The van der Waals surface area contributed by atoms with Gasteiger partial charge in [0.05, 0.1) is 6.54 Å². The van der Waals surface area contributed by atoms with Crippen molar-refractivity contribution in [3.63, 3.8) is 0 Å². The van der Waals surface area contributed by atoms with E-state index in [1.807, 2.05) is 25.9 Å². The molecule has 62 valence electrons. The van der Waals surface area contributed by atoms with Crippen LogP contribution in [-0.2, 0) is 13.1 Å². The Morgan fingerprint density at radius 3 is 2.73 bits per heavy atom. The van der Waals surface area contributed by atoms with E-state index in [1.165, 1.54) is 0 Å². The first-order chi connectivity index (χ1) is 5.24. The van der Waals surface area contributed by atoms with Gasteiger partial charge in [0.15, 0.2) is 5.82 Å². The van der Waals surface area contributed by atoms with Crippen molar-refractivity contribution in [1.29, 1.82) is 0 Å². The lowest BCUT2D eigenvalue weighted by Gasteiger charge is -2.07. The summed E-state index contributed by atoms with van der Waals surface area (Å²) in [6.45, 7) is 3.65. The summed E-state index contributed by atoms with van der Waals surface area (Å²) in [5.74, 6) is 0.914. The van der Waals surface area contributed by atoms with Crippen molar-refractivity contribution in [2.45, 2.75) is 20.0 Å². The lowest BCUT2D eigenvalue weighted by molar-refractivity contribution is 0.377. The van der Waals surface area contributed by atoms with Gasteiger partial charge in [0.1, 0.15) is 0 Å². The molecule has 0 N–H and O–H groups in total. The molecule has 1 rings (SSSR count). The first-order valence-corrected chi connectivity index (χ1v) is 3.63. The topological polar surface area (TPSA) is 46.8 Å². The van der Waals surface area contributed by atoms with Crippen LogP contribution in [0, 0.1) is 0 Å². The third-order valence-corrected chi connectivity index (χ3v) is 1.36. The number of hydrogen-bond donors (Lipinski definition) is 0. The lowest BCUT2D eigenvalue weighted by Crippen LogP contribution is -2.15. The quantitative estimate of drug-likeness (QED) is 0.604. The van der Waals surface area contributed by atoms with Crippen molar-refractivity contribution in [3.8, 4) is 0 Å². The fourth-order valence-electron chi connectivity index (χ4n) is 0.865. The van der Waals surface area contributed by atoms with Gasteiger partial charge >= 0.3 is 0 Å². The van der Waals surface area contributed by atoms with Gasteiger partial charge < -0.3 is 4.90 Å². The molecule has 0 unspecified atom stereocenters. The second-order valence-corrected chi connectivity index (χ2v) is 2.65. The van der Waals surface area contributed by atoms with Crippen LogP contribution in [0.15, 0.2) is 0 Å². The van der Waals surface area contributed by atoms with Crippen molar-refractivity contribution in [1.82, 2.24) is 25.1 Å². The standard InChI is InChI=1S/C6H13N5/c1-4-11-6(5-10(2)3)7-8-9-11/h4-5H2,1-3H3. The second kappa shape index (κ2) is 3.43. The van der Waals surface area contributed by atoms with Gasteiger partial charge in [-0.15, -0.1) is 5.10 Å². The zero-order valence-corrected chi connectivity index (χ0v) is 7.15. The van der Waals surface area contributed by atoms with Gasteiger partial charge in [-0.2, -0.15) is 0 Å². The number of aryl methyl sites for hydroxylation is 1. The summed E-state index contributed by atoms with van der Waals surface area (Å²) in [4.78, 5) is 2.04. The average molecular weight is 155 g/mol. The van der Waals surface area contributed by atoms with Crippen molar-refractivity contribution in [3.05, 3.63) is 5.82 Å². The summed E-state index contributed by atoms with van der Waals surface area (Å²) in [5, 5.41) is 11.3. The molecule has 0 radical (unpaired) electrons. The molecule has 0 amide bonds. The molecule has 0 atom stereocenters. The average Bonchev–Trinajstić information content (AvgIpc) is 2.34. The molecule has 0 aliphatic heterocycles. The summed E-state index contributed by atoms with van der Waals surface area (Å²) < 4.78 is 1.79. The minimum absolute atomic E-state index is 0.792. The highest BCUT2D eigenvalue weighted by atomic mass is 15.5. The Kier molecular flexibility index (Phi) is 2.53. The Hall–Kier alpha value is -0.970. The highest BCUT2D eigenvalue weighted by Gasteiger charge is 2.03. The van der Waals surface area contributed by atoms with Gasteiger partial charge in [0, 0.05) is 6.54 Å². The van der Waals surface area contributed by atoms with Crippen LogP contribution in [0.1, 0.15) is 12.7 Å². The minimum atomic E-state index is 0.792. The van der Waals surface area contributed by atoms with Crippen molar-refractivity contribution in [2.75, 3.05) is 14.1 Å². The maximum Gasteiger partial charge on any atom is 0.165 e. The third kappa shape index (κ3) is 1.98. The predicted octanol–water partition coefficient (Wildman–Crippen LogP) is -0.245. The molecule has 0 aliphatic rings. The van der Waals surface area contributed by atoms with Gasteiger partial charge in [-0.05, 0) is 31.4 Å². The highest BCUT2D eigenvalue weighted by Crippen LogP contribution is 1.94. The van der Waals surface area contributed by atoms with Gasteiger partial charge in [-0.3, -0.25) is 0 Å². The molecule has 11 heavy (non-hydrogen) atoms. The second-order valence-electron chi connectivity index (χ2n) is 2.65. The molecular formula is C6H13N5. The molecule has 0 fully saturated rings. The van der Waals surface area contributed by atoms with Crippen LogP contribution in [0.5, 0.6) is 0 Å². The fraction of sp³-hybridized carbons (Fsp3) is 0.833. The molecule has 1 aromatic heterocycles. The summed E-state index contributed by atoms with van der Waals surface area (Å²) in [5.41, 5.74) is 0. The van der Waals surface area contributed by atoms with Gasteiger partial charge in [-0.25, -0.2) is 4.68 Å². The molecule has 0 saturated carbocycles. The SMILES string of the molecule is CCn1nnnc1CN(C)C. The Morgan fingerprint density at radius 2 is 2.18 bits per heavy atom. The molecule has 0 aromatic carbocycles. The third-order valence-electron chi connectivity index (χ3n) is 1.36. The summed E-state index contributed by atoms with van der Waals surface area (Å²) in [6, 6.07) is 0. The van der Waals surface area contributed by atoms with Crippen molar-refractivity contribution in [2.24, 2.45) is 0 Å². The molecular weight excluding hydrogens is 142 g/mol. The molecule has 0 aliphatic carbocycles. The number of hydrogen-bond acceptors (Lipinski definition) is 4. The van der Waals surface area contributed by atoms with Crippen molar-refractivity contribution < 1.29 is 0 Å². The van der Waals surface area contributed by atoms with E-state index in [0.717, 1.165) is 18.9 Å². The first-order valence-electron chi connectivity index (χ1n) is 3.63. The van der Waals surface area contributed by atoms with Crippen LogP contribution in [0.3, 0.4) is 0 Å². The van der Waals surface area contributed by atoms with Crippen LogP contribution >= 0.6 is 0 Å². The highest BCUT2D eigenvalue weighted by molar-refractivity contribution is 4.78. The smallest absolute Gasteiger partial charge is 0.165 e. The molecule has 5 nitrogen and oxygen atoms in total. The largest absolute Gasteiger partial charge is 0.302 e. The number of rotatable bonds is 3. The van der Waals surface area contributed by atoms with E-state index in [0.29, 0.717) is 0 Å². The van der Waals surface area contributed by atoms with E-state index in [2.05, 4.69) is 15.5 Å². The van der Waals surface area contributed by atoms with Gasteiger partial charge in [0.25, 0.3) is 0 Å². The molecule has 5 heteroatoms. The van der Waals surface area contributed by atoms with E-state index in [-0.39, 0.29) is 0 Å². The lowest BCUT2D eigenvalue weighted by atomic mass is 10.5. The van der Waals surface area contributed by atoms with Crippen LogP contribution in [-0.4, -0.2) is 39.2 Å². The molecule has 1 aromatic rings. The summed E-state index contributed by atoms with van der Waals surface area (Å²) in [6.07, 6.45) is 0. The van der Waals surface area contributed by atoms with Crippen LogP contribution in [0.2, 0.25) is 0 Å². The monoisotopic (exact) mass is 155 g/mol. The number of nitrogens with zero attached hydrogens (tertiary/aromatic N) is 5. The normalized spacial score (nSPS) is 10.9. The zero-order chi connectivity index (χ0) is 8.27. The minimum Gasteiger partial charge on any atom is -0.302 e. The number of tetrazole rings is 1. The summed E-state index contributed by atoms with van der Waals surface area (Å²) in [7, 11) is 3.99. The molecule has 1 heterocycles. The fourth-order valence-corrected chi connectivity index (χ4v) is 0.865. The van der Waals surface area contributed by atoms with E-state index >= 15 is 0 Å². The molecule has 0 spiro atoms. The van der Waals surface area contributed by atoms with Gasteiger partial charge in [0.2, 0.25) is 0 Å². The maximum atomic E-state index is 3.89. The van der Waals surface area contributed by atoms with Gasteiger partial charge in [-0.1, -0.05) is 0 Å². The molecule has 0 saturated heterocycles. The van der Waals surface area contributed by atoms with Crippen LogP contribution < -0.4 is 0 Å². The van der Waals surface area contributed by atoms with Crippen molar-refractivity contribution >= 4 is 0 Å². The Morgan fingerprint density at radius 1 is 1.45 bits per heavy atom. The Balaban J connectivity index is 2.68. The van der Waals surface area contributed by atoms with Crippen LogP contribution in [0.4, 0.5) is 0 Å². The van der Waals surface area contributed by atoms with E-state index in [4.69, 9.17) is 0 Å². The Labute approximate surface area is 66.0 Å². The maximum absolute atomic E-state index is 3.89. The van der Waals surface area contributed by atoms with Crippen LogP contribution in [0.25, 0.3) is 0 Å². The van der Waals surface area contributed by atoms with E-state index in [1.54, 1.807) is 4.68 Å². The van der Waals surface area contributed by atoms with E-state index in [9.17, 15) is 0 Å². The Bertz CT molecular complexity index is 217. The first kappa shape index (κ1) is 8.13. The zero-order valence-electron chi connectivity index (χ0n) is 7.15. The number of aromatic nitrogens is 4. The predicted molar refractivity (Wildman–Crippen MR) is 40.9 cm³/mol. The molecule has 0 bridgehead atoms. The summed E-state index contributed by atoms with van der Waals surface area (Å²) >= 11 is 0.